The van der Waals surface area contributed by atoms with Gasteiger partial charge in [-0.15, -0.1) is 0 Å². The van der Waals surface area contributed by atoms with Gasteiger partial charge in [-0.1, -0.05) is 12.1 Å². The lowest BCUT2D eigenvalue weighted by Crippen LogP contribution is -2.22. The largest absolute Gasteiger partial charge is 0.490 e. The molecular formula is C23H27FN4O. The molecule has 0 aromatic heterocycles. The second-order valence-corrected chi connectivity index (χ2v) is 7.45. The van der Waals surface area contributed by atoms with Crippen molar-refractivity contribution in [3.05, 3.63) is 47.8 Å². The van der Waals surface area contributed by atoms with Crippen LogP contribution in [0.5, 0.6) is 5.75 Å². The standard InChI is InChI=1S/C23H27FN4O/c1-27(2)17-26-22-8-6-18(14-20(22)16-25)19-7-9-23(21(24)15-19)29-13-5-12-28-10-3-4-11-28/h6-9,14-15,17H,3-5,10-13H2,1-2H3. The zero-order chi connectivity index (χ0) is 20.6. The van der Waals surface area contributed by atoms with Gasteiger partial charge in [0.05, 0.1) is 24.2 Å². The van der Waals surface area contributed by atoms with E-state index in [2.05, 4.69) is 16.0 Å². The highest BCUT2D eigenvalue weighted by molar-refractivity contribution is 5.72. The van der Waals surface area contributed by atoms with Crippen LogP contribution >= 0.6 is 0 Å². The number of hydrogen-bond donors (Lipinski definition) is 0. The fraction of sp³-hybridized carbons (Fsp3) is 0.391. The van der Waals surface area contributed by atoms with Crippen molar-refractivity contribution in [3.63, 3.8) is 0 Å². The molecule has 0 bridgehead atoms. The van der Waals surface area contributed by atoms with Gasteiger partial charge in [0, 0.05) is 20.6 Å². The smallest absolute Gasteiger partial charge is 0.165 e. The van der Waals surface area contributed by atoms with Crippen LogP contribution in [0.2, 0.25) is 0 Å². The summed E-state index contributed by atoms with van der Waals surface area (Å²) >= 11 is 0. The summed E-state index contributed by atoms with van der Waals surface area (Å²) in [7, 11) is 3.73. The molecule has 0 radical (unpaired) electrons. The quantitative estimate of drug-likeness (QED) is 0.377. The van der Waals surface area contributed by atoms with E-state index in [0.717, 1.165) is 31.6 Å². The van der Waals surface area contributed by atoms with E-state index >= 15 is 0 Å². The van der Waals surface area contributed by atoms with Gasteiger partial charge in [-0.2, -0.15) is 5.26 Å². The van der Waals surface area contributed by atoms with Crippen molar-refractivity contribution in [2.75, 3.05) is 40.3 Å². The molecule has 3 rings (SSSR count). The summed E-state index contributed by atoms with van der Waals surface area (Å²) in [5.41, 5.74) is 2.50. The van der Waals surface area contributed by atoms with E-state index in [4.69, 9.17) is 4.74 Å². The SMILES string of the molecule is CN(C)C=Nc1ccc(-c2ccc(OCCCN3CCCC3)c(F)c2)cc1C#N. The summed E-state index contributed by atoms with van der Waals surface area (Å²) in [6.07, 6.45) is 5.08. The molecule has 152 valence electrons. The predicted molar refractivity (Wildman–Crippen MR) is 114 cm³/mol. The number of halogens is 1. The van der Waals surface area contributed by atoms with Crippen molar-refractivity contribution < 1.29 is 9.13 Å². The Morgan fingerprint density at radius 1 is 1.17 bits per heavy atom. The minimum absolute atomic E-state index is 0.267. The Morgan fingerprint density at radius 2 is 1.90 bits per heavy atom. The van der Waals surface area contributed by atoms with Gasteiger partial charge < -0.3 is 14.5 Å². The monoisotopic (exact) mass is 394 g/mol. The molecule has 29 heavy (non-hydrogen) atoms. The molecule has 0 unspecified atom stereocenters. The maximum atomic E-state index is 14.5. The molecule has 6 heteroatoms. The molecule has 1 aliphatic rings. The molecule has 0 aliphatic carbocycles. The molecular weight excluding hydrogens is 367 g/mol. The van der Waals surface area contributed by atoms with Crippen LogP contribution in [0.3, 0.4) is 0 Å². The Hall–Kier alpha value is -2.91. The molecule has 0 spiro atoms. The van der Waals surface area contributed by atoms with Gasteiger partial charge in [-0.05, 0) is 67.7 Å². The van der Waals surface area contributed by atoms with Crippen LogP contribution in [0.25, 0.3) is 11.1 Å². The molecule has 5 nitrogen and oxygen atoms in total. The van der Waals surface area contributed by atoms with Crippen LogP contribution in [0.4, 0.5) is 10.1 Å². The van der Waals surface area contributed by atoms with Crippen molar-refractivity contribution in [3.8, 4) is 22.9 Å². The Bertz CT molecular complexity index is 898. The van der Waals surface area contributed by atoms with Gasteiger partial charge in [0.15, 0.2) is 11.6 Å². The molecule has 1 saturated heterocycles. The third-order valence-corrected chi connectivity index (χ3v) is 4.88. The summed E-state index contributed by atoms with van der Waals surface area (Å²) < 4.78 is 20.1. The van der Waals surface area contributed by atoms with Crippen LogP contribution in [0.1, 0.15) is 24.8 Å². The summed E-state index contributed by atoms with van der Waals surface area (Å²) in [4.78, 5) is 8.51. The third kappa shape index (κ3) is 5.78. The number of hydrogen-bond acceptors (Lipinski definition) is 4. The summed E-state index contributed by atoms with van der Waals surface area (Å²) in [6, 6.07) is 12.4. The highest BCUT2D eigenvalue weighted by atomic mass is 19.1. The Kier molecular flexibility index (Phi) is 7.20. The van der Waals surface area contributed by atoms with Crippen molar-refractivity contribution in [1.29, 1.82) is 5.26 Å². The topological polar surface area (TPSA) is 51.9 Å². The first-order valence-electron chi connectivity index (χ1n) is 9.96. The first-order chi connectivity index (χ1) is 14.1. The molecule has 0 N–H and O–H groups in total. The van der Waals surface area contributed by atoms with E-state index in [9.17, 15) is 9.65 Å². The zero-order valence-corrected chi connectivity index (χ0v) is 17.1. The van der Waals surface area contributed by atoms with E-state index in [1.165, 1.54) is 18.9 Å². The van der Waals surface area contributed by atoms with Gasteiger partial charge in [0.2, 0.25) is 0 Å². The molecule has 2 aromatic rings. The number of aliphatic imine (C=N–C) groups is 1. The van der Waals surface area contributed by atoms with Crippen LogP contribution in [0, 0.1) is 17.1 Å². The normalized spacial score (nSPS) is 14.3. The molecule has 2 aromatic carbocycles. The second kappa shape index (κ2) is 10.0. The van der Waals surface area contributed by atoms with Crippen LogP contribution in [0.15, 0.2) is 41.4 Å². The van der Waals surface area contributed by atoms with Crippen molar-refractivity contribution in [2.24, 2.45) is 4.99 Å². The average Bonchev–Trinajstić information content (AvgIpc) is 3.24. The highest BCUT2D eigenvalue weighted by Crippen LogP contribution is 2.29. The number of benzene rings is 2. The molecule has 0 saturated carbocycles. The number of likely N-dealkylation sites (tertiary alicyclic amines) is 1. The fourth-order valence-corrected chi connectivity index (χ4v) is 3.37. The Morgan fingerprint density at radius 3 is 2.59 bits per heavy atom. The average molecular weight is 394 g/mol. The highest BCUT2D eigenvalue weighted by Gasteiger charge is 2.12. The minimum Gasteiger partial charge on any atom is -0.490 e. The van der Waals surface area contributed by atoms with Crippen molar-refractivity contribution in [2.45, 2.75) is 19.3 Å². The van der Waals surface area contributed by atoms with E-state index in [0.29, 0.717) is 23.4 Å². The number of nitriles is 1. The predicted octanol–water partition coefficient (Wildman–Crippen LogP) is 4.45. The molecule has 1 aliphatic heterocycles. The van der Waals surface area contributed by atoms with Crippen LogP contribution < -0.4 is 4.74 Å². The van der Waals surface area contributed by atoms with E-state index in [1.807, 2.05) is 26.2 Å². The summed E-state index contributed by atoms with van der Waals surface area (Å²) in [5, 5.41) is 9.42. The Balaban J connectivity index is 1.65. The number of nitrogens with zero attached hydrogens (tertiary/aromatic N) is 4. The Labute approximate surface area is 172 Å². The molecule has 1 fully saturated rings. The lowest BCUT2D eigenvalue weighted by Gasteiger charge is -2.15. The van der Waals surface area contributed by atoms with E-state index < -0.39 is 5.82 Å². The molecule has 1 heterocycles. The maximum absolute atomic E-state index is 14.5. The second-order valence-electron chi connectivity index (χ2n) is 7.45. The van der Waals surface area contributed by atoms with Gasteiger partial charge in [-0.3, -0.25) is 0 Å². The van der Waals surface area contributed by atoms with Crippen LogP contribution in [-0.2, 0) is 0 Å². The minimum atomic E-state index is -0.392. The maximum Gasteiger partial charge on any atom is 0.165 e. The first-order valence-corrected chi connectivity index (χ1v) is 9.96. The van der Waals surface area contributed by atoms with Gasteiger partial charge >= 0.3 is 0 Å². The summed E-state index contributed by atoms with van der Waals surface area (Å²) in [5.74, 6) is -0.125. The van der Waals surface area contributed by atoms with Gasteiger partial charge in [0.25, 0.3) is 0 Å². The van der Waals surface area contributed by atoms with Crippen LogP contribution in [-0.4, -0.2) is 56.5 Å². The van der Waals surface area contributed by atoms with E-state index in [-0.39, 0.29) is 5.75 Å². The lowest BCUT2D eigenvalue weighted by molar-refractivity contribution is 0.256. The first kappa shape index (κ1) is 20.8. The molecule has 0 amide bonds. The van der Waals surface area contributed by atoms with Crippen molar-refractivity contribution >= 4 is 12.0 Å². The molecule has 0 atom stereocenters. The summed E-state index contributed by atoms with van der Waals surface area (Å²) in [6.45, 7) is 3.82. The fourth-order valence-electron chi connectivity index (χ4n) is 3.37. The zero-order valence-electron chi connectivity index (χ0n) is 17.1. The van der Waals surface area contributed by atoms with Crippen molar-refractivity contribution in [1.82, 2.24) is 9.80 Å². The third-order valence-electron chi connectivity index (χ3n) is 4.88. The number of ether oxygens (including phenoxy) is 1. The lowest BCUT2D eigenvalue weighted by atomic mass is 10.0. The number of rotatable bonds is 8. The van der Waals surface area contributed by atoms with E-state index in [1.54, 1.807) is 29.4 Å². The van der Waals surface area contributed by atoms with Gasteiger partial charge in [0.1, 0.15) is 6.07 Å². The van der Waals surface area contributed by atoms with Gasteiger partial charge in [-0.25, -0.2) is 9.38 Å².